The summed E-state index contributed by atoms with van der Waals surface area (Å²) in [5, 5.41) is 18.1. The maximum atomic E-state index is 10.9. The minimum Gasteiger partial charge on any atom is -0.508 e. The molecule has 88 valence electrons. The van der Waals surface area contributed by atoms with Gasteiger partial charge in [-0.05, 0) is 17.7 Å². The van der Waals surface area contributed by atoms with Crippen LogP contribution in [0.1, 0.15) is 5.56 Å². The topological polar surface area (TPSA) is 83.5 Å². The molecule has 0 heterocycles. The van der Waals surface area contributed by atoms with Crippen molar-refractivity contribution in [2.75, 3.05) is 0 Å². The lowest BCUT2D eigenvalue weighted by Gasteiger charge is -2.20. The van der Waals surface area contributed by atoms with Crippen LogP contribution in [0.2, 0.25) is 0 Å². The van der Waals surface area contributed by atoms with Crippen LogP contribution in [0.5, 0.6) is 5.75 Å². The minimum atomic E-state index is -1.49. The number of carbonyl (C=O) groups is 1. The van der Waals surface area contributed by atoms with Crippen LogP contribution < -0.4 is 5.73 Å². The van der Waals surface area contributed by atoms with Crippen LogP contribution in [0.3, 0.4) is 0 Å². The molecule has 16 heavy (non-hydrogen) atoms. The molecule has 1 atom stereocenters. The van der Waals surface area contributed by atoms with Crippen molar-refractivity contribution in [1.82, 2.24) is 0 Å². The first-order valence-corrected chi connectivity index (χ1v) is 4.42. The summed E-state index contributed by atoms with van der Waals surface area (Å²) in [6.07, 6.45) is 1.29. The summed E-state index contributed by atoms with van der Waals surface area (Å²) in [5.41, 5.74) is 4.78. The van der Waals surface area contributed by atoms with E-state index in [0.29, 0.717) is 5.56 Å². The molecule has 0 radical (unpaired) electrons. The monoisotopic (exact) mass is 243 g/mol. The van der Waals surface area contributed by atoms with E-state index < -0.39 is 11.5 Å². The molecule has 0 amide bonds. The lowest BCUT2D eigenvalue weighted by atomic mass is 9.92. The number of carboxylic acid groups (broad SMARTS) is 1. The molecule has 1 rings (SSSR count). The van der Waals surface area contributed by atoms with E-state index in [-0.39, 0.29) is 24.6 Å². The van der Waals surface area contributed by atoms with Crippen molar-refractivity contribution in [2.45, 2.75) is 12.0 Å². The lowest BCUT2D eigenvalue weighted by molar-refractivity contribution is -0.141. The van der Waals surface area contributed by atoms with Gasteiger partial charge in [-0.3, -0.25) is 0 Å². The summed E-state index contributed by atoms with van der Waals surface area (Å²) in [5.74, 6) is -1.05. The van der Waals surface area contributed by atoms with E-state index >= 15 is 0 Å². The van der Waals surface area contributed by atoms with Crippen molar-refractivity contribution < 1.29 is 15.0 Å². The van der Waals surface area contributed by atoms with E-state index in [1.165, 1.54) is 18.2 Å². The second-order valence-electron chi connectivity index (χ2n) is 3.40. The lowest BCUT2D eigenvalue weighted by Crippen LogP contribution is -2.47. The van der Waals surface area contributed by atoms with Crippen molar-refractivity contribution in [3.63, 3.8) is 0 Å². The molecule has 1 aromatic carbocycles. The number of carboxylic acids is 1. The Morgan fingerprint density at radius 2 is 2.19 bits per heavy atom. The fraction of sp³-hybridized carbons (Fsp3) is 0.182. The van der Waals surface area contributed by atoms with Crippen LogP contribution in [-0.4, -0.2) is 21.7 Å². The zero-order valence-corrected chi connectivity index (χ0v) is 9.41. The zero-order valence-electron chi connectivity index (χ0n) is 8.59. The van der Waals surface area contributed by atoms with E-state index in [9.17, 15) is 9.90 Å². The number of rotatable bonds is 4. The number of aromatic hydroxyl groups is 1. The predicted octanol–water partition coefficient (Wildman–Crippen LogP) is 1.32. The van der Waals surface area contributed by atoms with Crippen molar-refractivity contribution >= 4 is 18.4 Å². The molecule has 0 bridgehead atoms. The number of halogens is 1. The highest BCUT2D eigenvalue weighted by molar-refractivity contribution is 5.85. The molecule has 0 aliphatic rings. The third-order valence-electron chi connectivity index (χ3n) is 2.17. The van der Waals surface area contributed by atoms with E-state index in [0.717, 1.165) is 0 Å². The molecular formula is C11H14ClNO3. The van der Waals surface area contributed by atoms with Crippen LogP contribution in [0.4, 0.5) is 0 Å². The Bertz CT molecular complexity index is 395. The fourth-order valence-electron chi connectivity index (χ4n) is 1.24. The molecule has 0 unspecified atom stereocenters. The Kier molecular flexibility index (Phi) is 5.01. The number of hydrogen-bond donors (Lipinski definition) is 3. The van der Waals surface area contributed by atoms with Crippen LogP contribution in [-0.2, 0) is 11.2 Å². The van der Waals surface area contributed by atoms with Gasteiger partial charge in [0, 0.05) is 6.42 Å². The minimum absolute atomic E-state index is 0. The normalized spacial score (nSPS) is 13.3. The molecule has 0 spiro atoms. The number of benzene rings is 1. The first kappa shape index (κ1) is 14.5. The molecule has 0 fully saturated rings. The molecule has 4 N–H and O–H groups in total. The summed E-state index contributed by atoms with van der Waals surface area (Å²) in [6, 6.07) is 6.33. The molecule has 0 aliphatic heterocycles. The van der Waals surface area contributed by atoms with Gasteiger partial charge in [0.2, 0.25) is 0 Å². The van der Waals surface area contributed by atoms with Gasteiger partial charge in [-0.25, -0.2) is 4.79 Å². The Balaban J connectivity index is 0.00000225. The van der Waals surface area contributed by atoms with Gasteiger partial charge >= 0.3 is 5.97 Å². The van der Waals surface area contributed by atoms with Gasteiger partial charge in [0.25, 0.3) is 0 Å². The highest BCUT2D eigenvalue weighted by atomic mass is 35.5. The number of phenolic OH excluding ortho intramolecular Hbond substituents is 1. The molecule has 0 aromatic heterocycles. The number of phenols is 1. The van der Waals surface area contributed by atoms with Crippen molar-refractivity contribution in [1.29, 1.82) is 0 Å². The zero-order chi connectivity index (χ0) is 11.5. The summed E-state index contributed by atoms with van der Waals surface area (Å²) >= 11 is 0. The van der Waals surface area contributed by atoms with Gasteiger partial charge in [-0.1, -0.05) is 18.2 Å². The van der Waals surface area contributed by atoms with Crippen LogP contribution in [0.15, 0.2) is 36.9 Å². The van der Waals surface area contributed by atoms with Gasteiger partial charge in [-0.2, -0.15) is 0 Å². The van der Waals surface area contributed by atoms with Gasteiger partial charge in [0.05, 0.1) is 0 Å². The van der Waals surface area contributed by atoms with E-state index in [4.69, 9.17) is 10.8 Å². The third-order valence-corrected chi connectivity index (χ3v) is 2.17. The molecule has 0 saturated heterocycles. The van der Waals surface area contributed by atoms with Crippen LogP contribution in [0, 0.1) is 0 Å². The Morgan fingerprint density at radius 3 is 2.62 bits per heavy atom. The van der Waals surface area contributed by atoms with Gasteiger partial charge in [0.1, 0.15) is 11.3 Å². The van der Waals surface area contributed by atoms with E-state index in [1.807, 2.05) is 0 Å². The molecule has 0 aliphatic carbocycles. The highest BCUT2D eigenvalue weighted by Gasteiger charge is 2.30. The van der Waals surface area contributed by atoms with Crippen molar-refractivity contribution in [3.05, 3.63) is 42.5 Å². The molecule has 1 aromatic rings. The van der Waals surface area contributed by atoms with E-state index in [1.54, 1.807) is 12.1 Å². The second kappa shape index (κ2) is 5.53. The first-order valence-electron chi connectivity index (χ1n) is 4.42. The van der Waals surface area contributed by atoms with Crippen molar-refractivity contribution in [3.8, 4) is 5.75 Å². The maximum absolute atomic E-state index is 10.9. The summed E-state index contributed by atoms with van der Waals surface area (Å²) < 4.78 is 0. The average Bonchev–Trinajstić information content (AvgIpc) is 2.17. The summed E-state index contributed by atoms with van der Waals surface area (Å²) in [4.78, 5) is 10.9. The molecular weight excluding hydrogens is 230 g/mol. The standard InChI is InChI=1S/C11H13NO3.ClH/c1-2-11(12,10(14)15)7-8-4-3-5-9(13)6-8;/h2-6,13H,1,7,12H2,(H,14,15);1H/t11-;/m0./s1. The summed E-state index contributed by atoms with van der Waals surface area (Å²) in [6.45, 7) is 3.40. The van der Waals surface area contributed by atoms with Gasteiger partial charge in [0.15, 0.2) is 0 Å². The Hall–Kier alpha value is -1.52. The molecule has 0 saturated carbocycles. The van der Waals surface area contributed by atoms with E-state index in [2.05, 4.69) is 6.58 Å². The van der Waals surface area contributed by atoms with Crippen LogP contribution >= 0.6 is 12.4 Å². The molecule has 4 nitrogen and oxygen atoms in total. The largest absolute Gasteiger partial charge is 0.508 e. The summed E-state index contributed by atoms with van der Waals surface area (Å²) in [7, 11) is 0. The maximum Gasteiger partial charge on any atom is 0.328 e. The van der Waals surface area contributed by atoms with Crippen molar-refractivity contribution in [2.24, 2.45) is 5.73 Å². The Labute approximate surface area is 99.8 Å². The van der Waals surface area contributed by atoms with Gasteiger partial charge in [-0.15, -0.1) is 19.0 Å². The number of aliphatic carboxylic acids is 1. The Morgan fingerprint density at radius 1 is 1.56 bits per heavy atom. The number of hydrogen-bond acceptors (Lipinski definition) is 3. The second-order valence-corrected chi connectivity index (χ2v) is 3.40. The smallest absolute Gasteiger partial charge is 0.328 e. The highest BCUT2D eigenvalue weighted by Crippen LogP contribution is 2.17. The number of nitrogens with two attached hydrogens (primary N) is 1. The average molecular weight is 244 g/mol. The third kappa shape index (κ3) is 3.25. The SMILES string of the molecule is C=C[C@](N)(Cc1cccc(O)c1)C(=O)O.Cl. The van der Waals surface area contributed by atoms with Gasteiger partial charge < -0.3 is 15.9 Å². The van der Waals surface area contributed by atoms with Crippen LogP contribution in [0.25, 0.3) is 0 Å². The predicted molar refractivity (Wildman–Crippen MR) is 63.8 cm³/mol. The first-order chi connectivity index (χ1) is 6.98. The fourth-order valence-corrected chi connectivity index (χ4v) is 1.24. The quantitative estimate of drug-likeness (QED) is 0.697. The molecule has 5 heteroatoms.